The van der Waals surface area contributed by atoms with Crippen molar-refractivity contribution in [3.8, 4) is 0 Å². The Kier molecular flexibility index (Phi) is 12.2. The van der Waals surface area contributed by atoms with Gasteiger partial charge in [-0.05, 0) is 70.8 Å². The number of aryl methyl sites for hydroxylation is 2. The normalized spacial score (nSPS) is 9.93. The van der Waals surface area contributed by atoms with Crippen molar-refractivity contribution >= 4 is 62.5 Å². The molecule has 0 aliphatic heterocycles. The molecule has 2 heterocycles. The maximum Gasteiger partial charge on any atom is 0.404 e. The van der Waals surface area contributed by atoms with Crippen molar-refractivity contribution in [3.63, 3.8) is 0 Å². The maximum absolute atomic E-state index is 11.0. The highest BCUT2D eigenvalue weighted by molar-refractivity contribution is 8.24. The van der Waals surface area contributed by atoms with E-state index < -0.39 is 17.1 Å². The van der Waals surface area contributed by atoms with Crippen LogP contribution in [0.4, 0.5) is 0 Å². The van der Waals surface area contributed by atoms with Gasteiger partial charge in [-0.3, -0.25) is 4.57 Å². The number of methoxy groups -OCH3 is 2. The van der Waals surface area contributed by atoms with Gasteiger partial charge in [0.2, 0.25) is 0 Å². The first kappa shape index (κ1) is 27.4. The summed E-state index contributed by atoms with van der Waals surface area (Å²) in [5, 5.41) is 8.07. The van der Waals surface area contributed by atoms with E-state index in [1.54, 1.807) is 25.1 Å². The van der Waals surface area contributed by atoms with Crippen molar-refractivity contribution in [1.82, 2.24) is 4.98 Å². The zero-order chi connectivity index (χ0) is 22.8. The van der Waals surface area contributed by atoms with Crippen LogP contribution in [0.1, 0.15) is 32.1 Å². The third-order valence-electron chi connectivity index (χ3n) is 2.80. The molecular formula is C16H17Cl4N2O6P. The number of carbonyl (C=O) groups is 2. The van der Waals surface area contributed by atoms with Crippen LogP contribution < -0.4 is 4.73 Å². The molecule has 0 amide bonds. The van der Waals surface area contributed by atoms with Gasteiger partial charge >= 0.3 is 22.8 Å². The van der Waals surface area contributed by atoms with Crippen molar-refractivity contribution in [2.45, 2.75) is 13.8 Å². The molecule has 2 aromatic heterocycles. The zero-order valence-corrected chi connectivity index (χ0v) is 19.6. The summed E-state index contributed by atoms with van der Waals surface area (Å²) in [4.78, 5) is 25.7. The Labute approximate surface area is 187 Å². The number of rotatable bonds is 2. The number of esters is 2. The van der Waals surface area contributed by atoms with Gasteiger partial charge in [-0.25, -0.2) is 14.6 Å². The van der Waals surface area contributed by atoms with Crippen LogP contribution in [0.15, 0.2) is 30.5 Å². The van der Waals surface area contributed by atoms with E-state index in [-0.39, 0.29) is 11.4 Å². The third kappa shape index (κ3) is 12.6. The summed E-state index contributed by atoms with van der Waals surface area (Å²) in [6.07, 6.45) is 1.28. The van der Waals surface area contributed by atoms with Crippen molar-refractivity contribution in [3.05, 3.63) is 63.3 Å². The Morgan fingerprint density at radius 2 is 1.55 bits per heavy atom. The summed E-state index contributed by atoms with van der Waals surface area (Å²) in [6.45, 7) is 3.63. The van der Waals surface area contributed by atoms with Gasteiger partial charge in [-0.1, -0.05) is 11.6 Å². The molecule has 0 aliphatic rings. The van der Waals surface area contributed by atoms with E-state index in [1.807, 2.05) is 6.92 Å². The number of carbonyl (C=O) groups excluding carboxylic acids is 2. The molecule has 160 valence electrons. The molecule has 0 fully saturated rings. The SMILES string of the molecule is COC(=O)c1cc(C)cc(Cl)n1.COC(=O)c1cc(C)cc[n+]1[O-].O=P(Cl)(Cl)Cl. The summed E-state index contributed by atoms with van der Waals surface area (Å²) in [5.74, 6) is -1.09. The average Bonchev–Trinajstić information content (AvgIpc) is 2.60. The lowest BCUT2D eigenvalue weighted by Crippen LogP contribution is -2.34. The second-order valence-electron chi connectivity index (χ2n) is 5.15. The Morgan fingerprint density at radius 1 is 1.03 bits per heavy atom. The van der Waals surface area contributed by atoms with Crippen molar-refractivity contribution in [1.29, 1.82) is 0 Å². The van der Waals surface area contributed by atoms with Crippen LogP contribution in [0.5, 0.6) is 0 Å². The van der Waals surface area contributed by atoms with Crippen LogP contribution in [-0.4, -0.2) is 31.1 Å². The second kappa shape index (κ2) is 12.9. The number of hydrogen-bond acceptors (Lipinski definition) is 7. The summed E-state index contributed by atoms with van der Waals surface area (Å²) in [6, 6.07) is 6.41. The summed E-state index contributed by atoms with van der Waals surface area (Å²) in [5.41, 5.74) is 1.98. The topological polar surface area (TPSA) is 110 Å². The Balaban J connectivity index is 0.000000442. The van der Waals surface area contributed by atoms with Crippen molar-refractivity contribution in [2.75, 3.05) is 14.2 Å². The highest BCUT2D eigenvalue weighted by atomic mass is 36.0. The number of pyridine rings is 2. The molecule has 13 heteroatoms. The quantitative estimate of drug-likeness (QED) is 0.184. The molecule has 8 nitrogen and oxygen atoms in total. The van der Waals surface area contributed by atoms with Gasteiger partial charge in [-0.2, -0.15) is 4.73 Å². The van der Waals surface area contributed by atoms with Crippen LogP contribution in [0.3, 0.4) is 0 Å². The summed E-state index contributed by atoms with van der Waals surface area (Å²) >= 11 is 19.5. The van der Waals surface area contributed by atoms with E-state index in [0.717, 1.165) is 11.1 Å². The molecule has 0 saturated heterocycles. The summed E-state index contributed by atoms with van der Waals surface area (Å²) < 4.78 is 18.9. The van der Waals surface area contributed by atoms with Crippen LogP contribution in [-0.2, 0) is 14.0 Å². The molecule has 0 unspecified atom stereocenters. The minimum Gasteiger partial charge on any atom is -0.618 e. The molecular weight excluding hydrogens is 489 g/mol. The molecule has 2 rings (SSSR count). The van der Waals surface area contributed by atoms with E-state index in [1.165, 1.54) is 26.5 Å². The average molecular weight is 506 g/mol. The monoisotopic (exact) mass is 504 g/mol. The van der Waals surface area contributed by atoms with Gasteiger partial charge in [0.05, 0.1) is 14.2 Å². The smallest absolute Gasteiger partial charge is 0.404 e. The van der Waals surface area contributed by atoms with E-state index >= 15 is 0 Å². The van der Waals surface area contributed by atoms with Gasteiger partial charge in [0.1, 0.15) is 10.8 Å². The molecule has 0 saturated carbocycles. The fraction of sp³-hybridized carbons (Fsp3) is 0.250. The lowest BCUT2D eigenvalue weighted by Gasteiger charge is -2.02. The highest BCUT2D eigenvalue weighted by Crippen LogP contribution is 2.61. The first-order valence-corrected chi connectivity index (χ1v) is 12.3. The van der Waals surface area contributed by atoms with Crippen LogP contribution in [0, 0.1) is 19.1 Å². The number of hydrogen-bond donors (Lipinski definition) is 0. The van der Waals surface area contributed by atoms with E-state index in [0.29, 0.717) is 9.88 Å². The predicted octanol–water partition coefficient (Wildman–Crippen LogP) is 5.06. The number of halogens is 4. The highest BCUT2D eigenvalue weighted by Gasteiger charge is 2.15. The third-order valence-corrected chi connectivity index (χ3v) is 3.00. The second-order valence-corrected chi connectivity index (χ2v) is 12.2. The first-order chi connectivity index (χ1) is 13.3. The minimum absolute atomic E-state index is 0.0116. The maximum atomic E-state index is 11.0. The minimum atomic E-state index is -3.22. The fourth-order valence-electron chi connectivity index (χ4n) is 1.68. The molecule has 2 aromatic rings. The van der Waals surface area contributed by atoms with E-state index in [9.17, 15) is 19.4 Å². The van der Waals surface area contributed by atoms with Crippen LogP contribution in [0.2, 0.25) is 5.15 Å². The van der Waals surface area contributed by atoms with Crippen LogP contribution in [0.25, 0.3) is 0 Å². The van der Waals surface area contributed by atoms with E-state index in [2.05, 4.69) is 48.2 Å². The van der Waals surface area contributed by atoms with Crippen molar-refractivity contribution < 1.29 is 28.4 Å². The molecule has 0 atom stereocenters. The van der Waals surface area contributed by atoms with E-state index in [4.69, 9.17) is 11.6 Å². The molecule has 0 aromatic carbocycles. The Hall–Kier alpha value is -1.57. The Morgan fingerprint density at radius 3 is 2.00 bits per heavy atom. The van der Waals surface area contributed by atoms with Gasteiger partial charge in [0.25, 0.3) is 0 Å². The lowest BCUT2D eigenvalue weighted by molar-refractivity contribution is -0.608. The molecule has 0 radical (unpaired) electrons. The molecule has 0 aliphatic carbocycles. The van der Waals surface area contributed by atoms with Gasteiger partial charge in [0, 0.05) is 12.1 Å². The molecule has 0 spiro atoms. The predicted molar refractivity (Wildman–Crippen MR) is 112 cm³/mol. The standard InChI is InChI=1S/C8H8ClNO2.C8H9NO3.Cl3OP/c1-5-3-6(8(11)12-2)10-7(9)4-5;1-6-3-4-9(11)7(5-6)8(10)12-2;1-5(2,3)4/h3-4H,1-2H3;3-5H,1-2H3;. The molecule has 0 N–H and O–H groups in total. The largest absolute Gasteiger partial charge is 0.618 e. The van der Waals surface area contributed by atoms with Crippen molar-refractivity contribution in [2.24, 2.45) is 0 Å². The summed E-state index contributed by atoms with van der Waals surface area (Å²) in [7, 11) is 2.55. The number of ether oxygens (including phenoxy) is 2. The lowest BCUT2D eigenvalue weighted by atomic mass is 10.2. The van der Waals surface area contributed by atoms with Gasteiger partial charge < -0.3 is 14.7 Å². The number of aromatic nitrogens is 2. The van der Waals surface area contributed by atoms with Gasteiger partial charge in [0.15, 0.2) is 6.20 Å². The Bertz CT molecular complexity index is 878. The zero-order valence-electron chi connectivity index (χ0n) is 15.7. The fourth-order valence-corrected chi connectivity index (χ4v) is 1.94. The number of nitrogens with zero attached hydrogens (tertiary/aromatic N) is 2. The first-order valence-electron chi connectivity index (χ1n) is 7.48. The van der Waals surface area contributed by atoms with Crippen LogP contribution >= 0.6 is 50.5 Å². The van der Waals surface area contributed by atoms with Gasteiger partial charge in [-0.15, -0.1) is 0 Å². The molecule has 0 bridgehead atoms. The molecule has 29 heavy (non-hydrogen) atoms.